The number of carbonyl (C=O) groups excluding carboxylic acids is 1. The van der Waals surface area contributed by atoms with E-state index in [-0.39, 0.29) is 23.7 Å². The highest BCUT2D eigenvalue weighted by Gasteiger charge is 2.50. The van der Waals surface area contributed by atoms with E-state index in [9.17, 15) is 14.3 Å². The van der Waals surface area contributed by atoms with Gasteiger partial charge < -0.3 is 10.0 Å². The molecule has 1 saturated carbocycles. The average Bonchev–Trinajstić information content (AvgIpc) is 3.15. The van der Waals surface area contributed by atoms with Crippen LogP contribution in [-0.4, -0.2) is 28.1 Å². The molecule has 1 aliphatic carbocycles. The lowest BCUT2D eigenvalue weighted by Crippen LogP contribution is -2.56. The van der Waals surface area contributed by atoms with Gasteiger partial charge in [-0.2, -0.15) is 0 Å². The Morgan fingerprint density at radius 3 is 2.72 bits per heavy atom. The molecule has 25 heavy (non-hydrogen) atoms. The minimum Gasteiger partial charge on any atom is -0.389 e. The first kappa shape index (κ1) is 16.7. The number of fused-ring (bicyclic) bond motifs is 1. The van der Waals surface area contributed by atoms with Crippen LogP contribution in [0.25, 0.3) is 0 Å². The van der Waals surface area contributed by atoms with Crippen molar-refractivity contribution in [1.29, 1.82) is 0 Å². The van der Waals surface area contributed by atoms with Crippen LogP contribution in [-0.2, 0) is 0 Å². The van der Waals surface area contributed by atoms with Crippen molar-refractivity contribution < 1.29 is 14.3 Å². The number of hydrogen-bond acceptors (Lipinski definition) is 3. The second kappa shape index (κ2) is 6.54. The number of amides is 1. The fourth-order valence-electron chi connectivity index (χ4n) is 4.52. The monoisotopic (exact) mass is 359 g/mol. The number of piperidine rings is 1. The molecule has 0 bridgehead atoms. The molecule has 3 nitrogen and oxygen atoms in total. The summed E-state index contributed by atoms with van der Waals surface area (Å²) in [5.74, 6) is -0.268. The van der Waals surface area contributed by atoms with E-state index >= 15 is 0 Å². The zero-order valence-corrected chi connectivity index (χ0v) is 14.8. The fraction of sp³-hybridized carbons (Fsp3) is 0.450. The van der Waals surface area contributed by atoms with Crippen molar-refractivity contribution in [3.63, 3.8) is 0 Å². The van der Waals surface area contributed by atoms with Crippen molar-refractivity contribution in [2.45, 2.75) is 43.7 Å². The van der Waals surface area contributed by atoms with Crippen molar-refractivity contribution in [3.8, 4) is 0 Å². The lowest BCUT2D eigenvalue weighted by Gasteiger charge is -2.52. The Morgan fingerprint density at radius 2 is 2.00 bits per heavy atom. The van der Waals surface area contributed by atoms with Gasteiger partial charge in [0, 0.05) is 12.5 Å². The molecule has 1 aliphatic heterocycles. The summed E-state index contributed by atoms with van der Waals surface area (Å²) in [5.41, 5.74) is 0.195. The molecule has 4 rings (SSSR count). The summed E-state index contributed by atoms with van der Waals surface area (Å²) in [6.45, 7) is 0.534. The summed E-state index contributed by atoms with van der Waals surface area (Å²) in [4.78, 5) is 15.7. The average molecular weight is 359 g/mol. The molecule has 2 fully saturated rings. The van der Waals surface area contributed by atoms with Gasteiger partial charge in [0.05, 0.1) is 16.5 Å². The van der Waals surface area contributed by atoms with E-state index in [1.807, 2.05) is 22.4 Å². The van der Waals surface area contributed by atoms with Gasteiger partial charge >= 0.3 is 0 Å². The summed E-state index contributed by atoms with van der Waals surface area (Å²) >= 11 is 1.44. The number of carbonyl (C=O) groups is 1. The smallest absolute Gasteiger partial charge is 0.264 e. The highest BCUT2D eigenvalue weighted by atomic mass is 32.1. The number of aliphatic hydroxyl groups is 1. The molecule has 1 saturated heterocycles. The maximum Gasteiger partial charge on any atom is 0.264 e. The van der Waals surface area contributed by atoms with Crippen LogP contribution in [0.4, 0.5) is 4.39 Å². The van der Waals surface area contributed by atoms with Crippen LogP contribution in [0.2, 0.25) is 0 Å². The van der Waals surface area contributed by atoms with E-state index in [2.05, 4.69) is 0 Å². The van der Waals surface area contributed by atoms with Gasteiger partial charge in [0.15, 0.2) is 0 Å². The Morgan fingerprint density at radius 1 is 1.20 bits per heavy atom. The minimum absolute atomic E-state index is 0.00405. The molecule has 0 radical (unpaired) electrons. The Labute approximate surface area is 151 Å². The van der Waals surface area contributed by atoms with E-state index in [1.165, 1.54) is 23.5 Å². The van der Waals surface area contributed by atoms with Crippen molar-refractivity contribution in [2.24, 2.45) is 5.92 Å². The lowest BCUT2D eigenvalue weighted by molar-refractivity contribution is -0.114. The summed E-state index contributed by atoms with van der Waals surface area (Å²) in [6, 6.07) is 9.93. The minimum atomic E-state index is -0.719. The fourth-order valence-corrected chi connectivity index (χ4v) is 5.20. The van der Waals surface area contributed by atoms with Crippen LogP contribution in [0.1, 0.15) is 53.4 Å². The number of likely N-dealkylation sites (tertiary alicyclic amines) is 1. The van der Waals surface area contributed by atoms with Gasteiger partial charge in [-0.25, -0.2) is 4.39 Å². The molecule has 1 N–H and O–H groups in total. The number of benzene rings is 1. The summed E-state index contributed by atoms with van der Waals surface area (Å²) < 4.78 is 13.4. The van der Waals surface area contributed by atoms with Crippen molar-refractivity contribution in [3.05, 3.63) is 58.0 Å². The predicted octanol–water partition coefficient (Wildman–Crippen LogP) is 4.40. The molecule has 5 heteroatoms. The second-order valence-electron chi connectivity index (χ2n) is 7.18. The van der Waals surface area contributed by atoms with Gasteiger partial charge in [0.1, 0.15) is 5.82 Å². The standard InChI is InChI=1S/C20H22FNO2S/c21-15-8-6-14(7-9-15)18-16-4-1-2-10-20(16,24)11-12-22(18)19(23)17-5-3-13-25-17/h3,5-9,13,16,18,24H,1-2,4,10-12H2/t16-,18+,20+/m0/s1. The van der Waals surface area contributed by atoms with Crippen molar-refractivity contribution >= 4 is 17.2 Å². The van der Waals surface area contributed by atoms with Gasteiger partial charge in [0.25, 0.3) is 5.91 Å². The van der Waals surface area contributed by atoms with Crippen LogP contribution in [0.3, 0.4) is 0 Å². The Hall–Kier alpha value is -1.72. The number of nitrogens with zero attached hydrogens (tertiary/aromatic N) is 1. The molecule has 2 aromatic rings. The largest absolute Gasteiger partial charge is 0.389 e. The van der Waals surface area contributed by atoms with Crippen LogP contribution < -0.4 is 0 Å². The van der Waals surface area contributed by atoms with Crippen LogP contribution in [0, 0.1) is 11.7 Å². The molecule has 0 spiro atoms. The summed E-state index contributed by atoms with van der Waals surface area (Å²) in [6.07, 6.45) is 4.39. The highest BCUT2D eigenvalue weighted by molar-refractivity contribution is 7.12. The molecule has 1 amide bonds. The SMILES string of the molecule is O=C(c1cccs1)N1CC[C@]2(O)CCCC[C@H]2[C@H]1c1ccc(F)cc1. The van der Waals surface area contributed by atoms with Gasteiger partial charge in [-0.3, -0.25) is 4.79 Å². The first-order valence-corrected chi connectivity index (χ1v) is 9.79. The van der Waals surface area contributed by atoms with Gasteiger partial charge in [-0.15, -0.1) is 11.3 Å². The van der Waals surface area contributed by atoms with Crippen molar-refractivity contribution in [1.82, 2.24) is 4.90 Å². The molecule has 3 atom stereocenters. The summed E-state index contributed by atoms with van der Waals surface area (Å²) in [5, 5.41) is 13.1. The Balaban J connectivity index is 1.74. The predicted molar refractivity (Wildman–Crippen MR) is 96.0 cm³/mol. The van der Waals surface area contributed by atoms with E-state index < -0.39 is 5.60 Å². The molecule has 2 aliphatic rings. The van der Waals surface area contributed by atoms with E-state index in [4.69, 9.17) is 0 Å². The van der Waals surface area contributed by atoms with Crippen molar-refractivity contribution in [2.75, 3.05) is 6.54 Å². The van der Waals surface area contributed by atoms with Gasteiger partial charge in [-0.05, 0) is 48.4 Å². The third kappa shape index (κ3) is 3.00. The Bertz CT molecular complexity index is 746. The lowest BCUT2D eigenvalue weighted by atomic mass is 9.66. The molecular formula is C20H22FNO2S. The molecule has 1 aromatic heterocycles. The molecule has 2 heterocycles. The quantitative estimate of drug-likeness (QED) is 0.864. The third-order valence-corrected chi connectivity index (χ3v) is 6.63. The van der Waals surface area contributed by atoms with E-state index in [1.54, 1.807) is 12.1 Å². The van der Waals surface area contributed by atoms with Crippen LogP contribution in [0.15, 0.2) is 41.8 Å². The van der Waals surface area contributed by atoms with Gasteiger partial charge in [0.2, 0.25) is 0 Å². The van der Waals surface area contributed by atoms with E-state index in [0.717, 1.165) is 31.2 Å². The van der Waals surface area contributed by atoms with Crippen LogP contribution >= 0.6 is 11.3 Å². The molecule has 1 aromatic carbocycles. The number of rotatable bonds is 2. The normalized spacial score (nSPS) is 29.3. The highest BCUT2D eigenvalue weighted by Crippen LogP contribution is 2.49. The van der Waals surface area contributed by atoms with Gasteiger partial charge in [-0.1, -0.05) is 31.0 Å². The number of halogens is 1. The zero-order valence-electron chi connectivity index (χ0n) is 14.0. The molecule has 0 unspecified atom stereocenters. The van der Waals surface area contributed by atoms with Crippen LogP contribution in [0.5, 0.6) is 0 Å². The second-order valence-corrected chi connectivity index (χ2v) is 8.13. The number of thiophene rings is 1. The topological polar surface area (TPSA) is 40.5 Å². The molecule has 132 valence electrons. The Kier molecular flexibility index (Phi) is 4.38. The maximum atomic E-state index is 13.4. The molecular weight excluding hydrogens is 337 g/mol. The first-order valence-electron chi connectivity index (χ1n) is 8.91. The third-order valence-electron chi connectivity index (χ3n) is 5.77. The number of hydrogen-bond donors (Lipinski definition) is 1. The summed E-state index contributed by atoms with van der Waals surface area (Å²) in [7, 11) is 0. The first-order chi connectivity index (χ1) is 12.1. The van der Waals surface area contributed by atoms with E-state index in [0.29, 0.717) is 17.8 Å². The maximum absolute atomic E-state index is 13.4. The zero-order chi connectivity index (χ0) is 17.4.